The molecule has 21 heavy (non-hydrogen) atoms. The number of nitrogens with zero attached hydrogens (tertiary/aromatic N) is 1. The van der Waals surface area contributed by atoms with Crippen LogP contribution in [0.15, 0.2) is 24.3 Å². The highest BCUT2D eigenvalue weighted by Crippen LogP contribution is 2.42. The summed E-state index contributed by atoms with van der Waals surface area (Å²) in [5.41, 5.74) is 2.72. The van der Waals surface area contributed by atoms with E-state index in [0.29, 0.717) is 0 Å². The highest BCUT2D eigenvalue weighted by atomic mass is 32.2. The van der Waals surface area contributed by atoms with Crippen LogP contribution in [0.5, 0.6) is 0 Å². The van der Waals surface area contributed by atoms with E-state index < -0.39 is 0 Å². The Hall–Kier alpha value is -1.00. The van der Waals surface area contributed by atoms with Crippen molar-refractivity contribution in [2.45, 2.75) is 43.7 Å². The van der Waals surface area contributed by atoms with Crippen LogP contribution in [0.25, 0.3) is 0 Å². The van der Waals surface area contributed by atoms with Crippen molar-refractivity contribution in [1.82, 2.24) is 10.2 Å². The third-order valence-electron chi connectivity index (χ3n) is 3.91. The molecule has 1 amide bonds. The smallest absolute Gasteiger partial charge is 0.236 e. The molecular formula is C17H26N2OS. The molecule has 0 unspecified atom stereocenters. The van der Waals surface area contributed by atoms with Gasteiger partial charge in [0.05, 0.1) is 5.25 Å². The Morgan fingerprint density at radius 1 is 1.24 bits per heavy atom. The molecule has 1 aromatic rings. The third-order valence-corrected chi connectivity index (χ3v) is 5.31. The standard InChI is InChI=1S/C17H26N2OS/c1-12-15(20)19(11-10-18-5)16(21-12)13-6-8-14(9-7-13)17(2,3)4/h6-9,12,16,18H,10-11H2,1-5H3/t12-,16-/m0/s1. The topological polar surface area (TPSA) is 32.3 Å². The average molecular weight is 306 g/mol. The largest absolute Gasteiger partial charge is 0.324 e. The fourth-order valence-corrected chi connectivity index (χ4v) is 3.85. The van der Waals surface area contributed by atoms with E-state index in [-0.39, 0.29) is 21.9 Å². The summed E-state index contributed by atoms with van der Waals surface area (Å²) in [6, 6.07) is 8.74. The molecule has 1 N–H and O–H groups in total. The normalized spacial score (nSPS) is 22.9. The zero-order valence-electron chi connectivity index (χ0n) is 13.6. The van der Waals surface area contributed by atoms with Crippen molar-refractivity contribution in [3.05, 3.63) is 35.4 Å². The molecule has 116 valence electrons. The number of rotatable bonds is 4. The fourth-order valence-electron chi connectivity index (χ4n) is 2.54. The number of hydrogen-bond donors (Lipinski definition) is 1. The van der Waals surface area contributed by atoms with Gasteiger partial charge >= 0.3 is 0 Å². The van der Waals surface area contributed by atoms with E-state index in [1.807, 2.05) is 18.9 Å². The Balaban J connectivity index is 2.21. The number of amides is 1. The monoisotopic (exact) mass is 306 g/mol. The zero-order chi connectivity index (χ0) is 15.6. The molecule has 0 spiro atoms. The first-order valence-corrected chi connectivity index (χ1v) is 8.50. The molecule has 1 aliphatic heterocycles. The van der Waals surface area contributed by atoms with E-state index in [9.17, 15) is 4.79 Å². The number of carbonyl (C=O) groups is 1. The van der Waals surface area contributed by atoms with Crippen LogP contribution in [0.1, 0.15) is 44.2 Å². The molecule has 1 fully saturated rings. The molecule has 1 aliphatic rings. The van der Waals surface area contributed by atoms with Gasteiger partial charge in [-0.1, -0.05) is 45.0 Å². The molecular weight excluding hydrogens is 280 g/mol. The summed E-state index contributed by atoms with van der Waals surface area (Å²) < 4.78 is 0. The second-order valence-electron chi connectivity index (χ2n) is 6.64. The molecule has 2 atom stereocenters. The quantitative estimate of drug-likeness (QED) is 0.927. The second kappa shape index (κ2) is 6.41. The van der Waals surface area contributed by atoms with Crippen molar-refractivity contribution >= 4 is 17.7 Å². The van der Waals surface area contributed by atoms with Crippen molar-refractivity contribution in [3.63, 3.8) is 0 Å². The maximum Gasteiger partial charge on any atom is 0.236 e. The Morgan fingerprint density at radius 3 is 2.38 bits per heavy atom. The lowest BCUT2D eigenvalue weighted by Crippen LogP contribution is -2.35. The molecule has 3 nitrogen and oxygen atoms in total. The highest BCUT2D eigenvalue weighted by molar-refractivity contribution is 8.01. The van der Waals surface area contributed by atoms with E-state index in [1.165, 1.54) is 11.1 Å². The molecule has 0 aromatic heterocycles. The molecule has 2 rings (SSSR count). The van der Waals surface area contributed by atoms with Crippen LogP contribution < -0.4 is 5.32 Å². The van der Waals surface area contributed by atoms with Crippen LogP contribution in [0.2, 0.25) is 0 Å². The van der Waals surface area contributed by atoms with Crippen LogP contribution >= 0.6 is 11.8 Å². The number of likely N-dealkylation sites (N-methyl/N-ethyl adjacent to an activating group) is 1. The lowest BCUT2D eigenvalue weighted by Gasteiger charge is -2.25. The number of nitrogens with one attached hydrogen (secondary N) is 1. The first-order valence-electron chi connectivity index (χ1n) is 7.55. The summed E-state index contributed by atoms with van der Waals surface area (Å²) in [5, 5.41) is 3.33. The van der Waals surface area contributed by atoms with Gasteiger partial charge < -0.3 is 10.2 Å². The van der Waals surface area contributed by atoms with Crippen LogP contribution in [-0.2, 0) is 10.2 Å². The Kier molecular flexibility index (Phi) is 4.99. The van der Waals surface area contributed by atoms with Gasteiger partial charge in [0.1, 0.15) is 5.37 Å². The minimum Gasteiger partial charge on any atom is -0.324 e. The molecule has 1 saturated heterocycles. The summed E-state index contributed by atoms with van der Waals surface area (Å²) in [4.78, 5) is 14.3. The Labute approximate surface area is 132 Å². The average Bonchev–Trinajstić information content (AvgIpc) is 2.72. The fraction of sp³-hybridized carbons (Fsp3) is 0.588. The maximum absolute atomic E-state index is 12.3. The molecule has 4 heteroatoms. The third kappa shape index (κ3) is 3.61. The van der Waals surface area contributed by atoms with Gasteiger partial charge in [-0.15, -0.1) is 11.8 Å². The van der Waals surface area contributed by atoms with Gasteiger partial charge in [0, 0.05) is 13.1 Å². The molecule has 0 saturated carbocycles. The molecule has 1 aromatic carbocycles. The van der Waals surface area contributed by atoms with Gasteiger partial charge in [-0.25, -0.2) is 0 Å². The Bertz CT molecular complexity index is 493. The number of benzene rings is 1. The summed E-state index contributed by atoms with van der Waals surface area (Å²) in [5.74, 6) is 0.250. The zero-order valence-corrected chi connectivity index (χ0v) is 14.5. The summed E-state index contributed by atoms with van der Waals surface area (Å²) in [7, 11) is 1.92. The second-order valence-corrected chi connectivity index (χ2v) is 8.06. The van der Waals surface area contributed by atoms with Crippen LogP contribution in [0, 0.1) is 0 Å². The minimum atomic E-state index is 0.0501. The predicted octanol–water partition coefficient (Wildman–Crippen LogP) is 3.17. The van der Waals surface area contributed by atoms with E-state index in [0.717, 1.165) is 13.1 Å². The maximum atomic E-state index is 12.3. The highest BCUT2D eigenvalue weighted by Gasteiger charge is 2.37. The van der Waals surface area contributed by atoms with Crippen molar-refractivity contribution in [1.29, 1.82) is 0 Å². The van der Waals surface area contributed by atoms with Crippen LogP contribution in [-0.4, -0.2) is 36.2 Å². The summed E-state index contributed by atoms with van der Waals surface area (Å²) in [6.07, 6.45) is 0. The van der Waals surface area contributed by atoms with Gasteiger partial charge in [0.25, 0.3) is 0 Å². The van der Waals surface area contributed by atoms with Crippen molar-refractivity contribution < 1.29 is 4.79 Å². The van der Waals surface area contributed by atoms with Crippen molar-refractivity contribution in [3.8, 4) is 0 Å². The first kappa shape index (κ1) is 16.4. The van der Waals surface area contributed by atoms with Gasteiger partial charge in [-0.05, 0) is 30.5 Å². The number of hydrogen-bond acceptors (Lipinski definition) is 3. The van der Waals surface area contributed by atoms with Gasteiger partial charge in [0.2, 0.25) is 5.91 Å². The Morgan fingerprint density at radius 2 is 1.86 bits per heavy atom. The van der Waals surface area contributed by atoms with E-state index in [2.05, 4.69) is 50.4 Å². The molecule has 0 radical (unpaired) electrons. The minimum absolute atomic E-state index is 0.0501. The molecule has 0 aliphatic carbocycles. The first-order chi connectivity index (χ1) is 9.84. The van der Waals surface area contributed by atoms with Crippen LogP contribution in [0.3, 0.4) is 0 Å². The van der Waals surface area contributed by atoms with E-state index in [1.54, 1.807) is 11.8 Å². The van der Waals surface area contributed by atoms with Crippen LogP contribution in [0.4, 0.5) is 0 Å². The van der Waals surface area contributed by atoms with Gasteiger partial charge in [0.15, 0.2) is 0 Å². The van der Waals surface area contributed by atoms with Crippen molar-refractivity contribution in [2.75, 3.05) is 20.1 Å². The predicted molar refractivity (Wildman–Crippen MR) is 90.6 cm³/mol. The van der Waals surface area contributed by atoms with Gasteiger partial charge in [-0.3, -0.25) is 4.79 Å². The number of carbonyl (C=O) groups excluding carboxylic acids is 1. The van der Waals surface area contributed by atoms with Gasteiger partial charge in [-0.2, -0.15) is 0 Å². The summed E-state index contributed by atoms with van der Waals surface area (Å²) >= 11 is 1.75. The SMILES string of the molecule is CNCCN1C(=O)[C@H](C)S[C@H]1c1ccc(C(C)(C)C)cc1. The molecule has 0 bridgehead atoms. The number of thioether (sulfide) groups is 1. The molecule has 1 heterocycles. The van der Waals surface area contributed by atoms with E-state index in [4.69, 9.17) is 0 Å². The lowest BCUT2D eigenvalue weighted by atomic mass is 9.86. The summed E-state index contributed by atoms with van der Waals surface area (Å²) in [6.45, 7) is 10.3. The van der Waals surface area contributed by atoms with Crippen molar-refractivity contribution in [2.24, 2.45) is 0 Å². The van der Waals surface area contributed by atoms with E-state index >= 15 is 0 Å². The lowest BCUT2D eigenvalue weighted by molar-refractivity contribution is -0.129.